The van der Waals surface area contributed by atoms with Gasteiger partial charge >= 0.3 is 0 Å². The van der Waals surface area contributed by atoms with Crippen molar-refractivity contribution < 1.29 is 9.59 Å². The topological polar surface area (TPSA) is 207 Å². The largest absolute Gasteiger partial charge is 0.369 e. The average Bonchev–Trinajstić information content (AvgIpc) is 2.88. The maximum absolute atomic E-state index is 12.3. The van der Waals surface area contributed by atoms with Crippen molar-refractivity contribution in [2.24, 2.45) is 21.7 Å². The van der Waals surface area contributed by atoms with Crippen LogP contribution < -0.4 is 33.0 Å². The predicted octanol–water partition coefficient (Wildman–Crippen LogP) is 3.02. The molecular weight excluding hydrogens is 484 g/mol. The Kier molecular flexibility index (Phi) is 11.9. The third-order valence-electron chi connectivity index (χ3n) is 5.37. The molecule has 12 nitrogen and oxygen atoms in total. The summed E-state index contributed by atoms with van der Waals surface area (Å²) in [6.07, 6.45) is 3.92. The fourth-order valence-electron chi connectivity index (χ4n) is 3.43. The van der Waals surface area contributed by atoms with E-state index in [1.807, 2.05) is 36.4 Å². The molecule has 2 aromatic rings. The van der Waals surface area contributed by atoms with Gasteiger partial charge < -0.3 is 22.1 Å². The van der Waals surface area contributed by atoms with Gasteiger partial charge in [0.05, 0.1) is 11.4 Å². The molecule has 202 valence electrons. The van der Waals surface area contributed by atoms with Crippen LogP contribution in [0, 0.1) is 10.8 Å². The van der Waals surface area contributed by atoms with Crippen LogP contribution in [0.1, 0.15) is 63.5 Å². The zero-order chi connectivity index (χ0) is 27.9. The number of nitrogens with one attached hydrogen (secondary N) is 6. The standard InChI is InChI=1S/C26H36N10O2/c1-17(33-35-25(27)28)19-9-7-11-21(15-19)31-23(37)13-5-3-4-6-14-24(38)32-22-12-8-10-20(16-22)18(2)34-36-26(29)30/h7-12,15-16H,3-6,13-14H2,1-2H3,(H,31,37)(H,32,38)(H4,27,28,35)(H4,29,30,36)/b33-17+,34-18+. The van der Waals surface area contributed by atoms with Crippen molar-refractivity contribution in [2.45, 2.75) is 52.4 Å². The van der Waals surface area contributed by atoms with E-state index < -0.39 is 0 Å². The number of nitrogens with two attached hydrogens (primary N) is 2. The number of unbranched alkanes of at least 4 members (excludes halogenated alkanes) is 3. The van der Waals surface area contributed by atoms with E-state index in [-0.39, 0.29) is 23.7 Å². The lowest BCUT2D eigenvalue weighted by molar-refractivity contribution is -0.117. The Hall–Kier alpha value is -4.74. The molecule has 0 spiro atoms. The Morgan fingerprint density at radius 2 is 1.11 bits per heavy atom. The van der Waals surface area contributed by atoms with Gasteiger partial charge in [-0.2, -0.15) is 10.2 Å². The highest BCUT2D eigenvalue weighted by atomic mass is 16.2. The molecule has 0 aliphatic carbocycles. The molecule has 38 heavy (non-hydrogen) atoms. The van der Waals surface area contributed by atoms with E-state index in [1.165, 1.54) is 0 Å². The van der Waals surface area contributed by atoms with Gasteiger partial charge in [-0.15, -0.1) is 0 Å². The fourth-order valence-corrected chi connectivity index (χ4v) is 3.43. The molecule has 0 heterocycles. The van der Waals surface area contributed by atoms with Gasteiger partial charge in [0.25, 0.3) is 0 Å². The van der Waals surface area contributed by atoms with Crippen molar-refractivity contribution in [3.05, 3.63) is 59.7 Å². The summed E-state index contributed by atoms with van der Waals surface area (Å²) in [5.41, 5.74) is 19.5. The lowest BCUT2D eigenvalue weighted by Gasteiger charge is -2.09. The molecule has 0 bridgehead atoms. The van der Waals surface area contributed by atoms with E-state index in [9.17, 15) is 9.59 Å². The third kappa shape index (κ3) is 11.3. The van der Waals surface area contributed by atoms with Gasteiger partial charge in [-0.05, 0) is 62.1 Å². The van der Waals surface area contributed by atoms with Gasteiger partial charge in [-0.3, -0.25) is 20.4 Å². The lowest BCUT2D eigenvalue weighted by atomic mass is 10.1. The Bertz CT molecular complexity index is 1110. The van der Waals surface area contributed by atoms with Crippen molar-refractivity contribution in [3.8, 4) is 0 Å². The number of carbonyl (C=O) groups is 2. The maximum Gasteiger partial charge on any atom is 0.224 e. The molecule has 0 unspecified atom stereocenters. The molecule has 0 saturated heterocycles. The molecule has 0 saturated carbocycles. The van der Waals surface area contributed by atoms with Gasteiger partial charge in [0, 0.05) is 24.2 Å². The third-order valence-corrected chi connectivity index (χ3v) is 5.37. The molecular formula is C26H36N10O2. The minimum absolute atomic E-state index is 0.0754. The minimum Gasteiger partial charge on any atom is -0.369 e. The molecule has 0 aliphatic heterocycles. The Morgan fingerprint density at radius 3 is 1.47 bits per heavy atom. The summed E-state index contributed by atoms with van der Waals surface area (Å²) >= 11 is 0. The van der Waals surface area contributed by atoms with Crippen molar-refractivity contribution in [1.29, 1.82) is 10.8 Å². The van der Waals surface area contributed by atoms with Crippen LogP contribution in [0.4, 0.5) is 11.4 Å². The van der Waals surface area contributed by atoms with E-state index >= 15 is 0 Å². The molecule has 12 heteroatoms. The van der Waals surface area contributed by atoms with Crippen molar-refractivity contribution in [1.82, 2.24) is 10.9 Å². The fraction of sp³-hybridized carbons (Fsp3) is 0.308. The summed E-state index contributed by atoms with van der Waals surface area (Å²) in [5, 5.41) is 28.1. The molecule has 0 aliphatic rings. The summed E-state index contributed by atoms with van der Waals surface area (Å²) in [4.78, 5) is 24.6. The number of benzene rings is 2. The Morgan fingerprint density at radius 1 is 0.711 bits per heavy atom. The molecule has 2 rings (SSSR count). The first-order valence-corrected chi connectivity index (χ1v) is 12.2. The van der Waals surface area contributed by atoms with Crippen molar-refractivity contribution >= 4 is 46.5 Å². The molecule has 2 aromatic carbocycles. The van der Waals surface area contributed by atoms with Crippen LogP contribution in [0.2, 0.25) is 0 Å². The second-order valence-electron chi connectivity index (χ2n) is 8.62. The Balaban J connectivity index is 1.68. The highest BCUT2D eigenvalue weighted by molar-refractivity contribution is 6.01. The number of hydrazone groups is 2. The predicted molar refractivity (Wildman–Crippen MR) is 152 cm³/mol. The van der Waals surface area contributed by atoms with E-state index in [1.54, 1.807) is 26.0 Å². The minimum atomic E-state index is -0.249. The van der Waals surface area contributed by atoms with E-state index in [0.717, 1.165) is 36.8 Å². The first-order chi connectivity index (χ1) is 18.1. The molecule has 2 amide bonds. The average molecular weight is 521 g/mol. The van der Waals surface area contributed by atoms with Crippen LogP contribution >= 0.6 is 0 Å². The summed E-state index contributed by atoms with van der Waals surface area (Å²) in [6, 6.07) is 14.6. The van der Waals surface area contributed by atoms with Gasteiger partial charge in [0.2, 0.25) is 23.7 Å². The molecule has 10 N–H and O–H groups in total. The van der Waals surface area contributed by atoms with Crippen LogP contribution in [0.25, 0.3) is 0 Å². The van der Waals surface area contributed by atoms with Crippen LogP contribution in [-0.2, 0) is 9.59 Å². The zero-order valence-electron chi connectivity index (χ0n) is 21.7. The van der Waals surface area contributed by atoms with Gasteiger partial charge in [-0.25, -0.2) is 10.9 Å². The number of anilines is 2. The molecule has 0 aromatic heterocycles. The number of rotatable bonds is 13. The normalized spacial score (nSPS) is 11.4. The molecule has 0 fully saturated rings. The van der Waals surface area contributed by atoms with E-state index in [0.29, 0.717) is 35.6 Å². The summed E-state index contributed by atoms with van der Waals surface area (Å²) < 4.78 is 0. The van der Waals surface area contributed by atoms with E-state index in [4.69, 9.17) is 22.3 Å². The second kappa shape index (κ2) is 15.4. The highest BCUT2D eigenvalue weighted by Gasteiger charge is 2.07. The highest BCUT2D eigenvalue weighted by Crippen LogP contribution is 2.15. The zero-order valence-corrected chi connectivity index (χ0v) is 21.7. The van der Waals surface area contributed by atoms with Crippen LogP contribution in [0.15, 0.2) is 58.7 Å². The van der Waals surface area contributed by atoms with Crippen molar-refractivity contribution in [3.63, 3.8) is 0 Å². The summed E-state index contributed by atoms with van der Waals surface area (Å²) in [6.45, 7) is 3.56. The molecule has 0 atom stereocenters. The van der Waals surface area contributed by atoms with Gasteiger partial charge in [0.1, 0.15) is 0 Å². The van der Waals surface area contributed by atoms with Crippen LogP contribution in [-0.4, -0.2) is 35.2 Å². The van der Waals surface area contributed by atoms with Crippen molar-refractivity contribution in [2.75, 3.05) is 10.6 Å². The smallest absolute Gasteiger partial charge is 0.224 e. The lowest BCUT2D eigenvalue weighted by Crippen LogP contribution is -2.26. The number of carbonyl (C=O) groups excluding carboxylic acids is 2. The van der Waals surface area contributed by atoms with Crippen LogP contribution in [0.5, 0.6) is 0 Å². The quantitative estimate of drug-likeness (QED) is 0.0861. The maximum atomic E-state index is 12.3. The number of guanidine groups is 2. The first-order valence-electron chi connectivity index (χ1n) is 12.2. The monoisotopic (exact) mass is 520 g/mol. The van der Waals surface area contributed by atoms with Crippen LogP contribution in [0.3, 0.4) is 0 Å². The second-order valence-corrected chi connectivity index (χ2v) is 8.62. The Labute approximate surface area is 222 Å². The summed E-state index contributed by atoms with van der Waals surface area (Å²) in [7, 11) is 0. The van der Waals surface area contributed by atoms with E-state index in [2.05, 4.69) is 31.7 Å². The van der Waals surface area contributed by atoms with Gasteiger partial charge in [-0.1, -0.05) is 37.1 Å². The summed E-state index contributed by atoms with van der Waals surface area (Å²) in [5.74, 6) is -0.648. The number of hydrogen-bond donors (Lipinski definition) is 8. The number of nitrogens with zero attached hydrogens (tertiary/aromatic N) is 2. The van der Waals surface area contributed by atoms with Gasteiger partial charge in [0.15, 0.2) is 0 Å². The first kappa shape index (κ1) is 29.5. The number of hydrogen-bond acceptors (Lipinski definition) is 6. The number of amides is 2. The SMILES string of the molecule is C/C(=N\NC(=N)N)c1cccc(NC(=O)CCCCCCC(=O)Nc2cccc(/C(C)=N/NC(=N)N)c2)c1. The molecule has 0 radical (unpaired) electrons.